The summed E-state index contributed by atoms with van der Waals surface area (Å²) in [7, 11) is 0. The van der Waals surface area contributed by atoms with Crippen molar-refractivity contribution in [3.63, 3.8) is 0 Å². The third-order valence-electron chi connectivity index (χ3n) is 2.53. The van der Waals surface area contributed by atoms with E-state index < -0.39 is 17.9 Å². The number of rotatable bonds is 5. The van der Waals surface area contributed by atoms with Crippen LogP contribution in [-0.4, -0.2) is 38.0 Å². The van der Waals surface area contributed by atoms with Crippen molar-refractivity contribution in [3.8, 4) is 0 Å². The molecule has 0 aliphatic carbocycles. The predicted octanol–water partition coefficient (Wildman–Crippen LogP) is 0.132. The van der Waals surface area contributed by atoms with E-state index in [9.17, 15) is 9.59 Å². The molecule has 1 amide bonds. The van der Waals surface area contributed by atoms with E-state index in [1.807, 2.05) is 0 Å². The lowest BCUT2D eigenvalue weighted by Gasteiger charge is -2.12. The molecule has 0 bridgehead atoms. The number of aromatic amines is 1. The molecule has 0 aromatic carbocycles. The number of carbonyl (C=O) groups is 2. The summed E-state index contributed by atoms with van der Waals surface area (Å²) >= 11 is 0. The molecular weight excluding hydrogens is 252 g/mol. The fourth-order valence-corrected chi connectivity index (χ4v) is 1.56. The van der Waals surface area contributed by atoms with Crippen molar-refractivity contribution >= 4 is 11.9 Å². The van der Waals surface area contributed by atoms with Gasteiger partial charge in [-0.25, -0.2) is 14.8 Å². The quantitative estimate of drug-likeness (QED) is 0.705. The SMILES string of the molecule is Cc1ncoc1C(=O)N[C@H](Cc1cnc[nH]1)C(=O)O. The van der Waals surface area contributed by atoms with Gasteiger partial charge in [0, 0.05) is 18.3 Å². The molecule has 2 heterocycles. The number of aryl methyl sites for hydroxylation is 1. The minimum Gasteiger partial charge on any atom is -0.480 e. The van der Waals surface area contributed by atoms with Gasteiger partial charge in [0.05, 0.1) is 12.0 Å². The van der Waals surface area contributed by atoms with Crippen molar-refractivity contribution in [1.82, 2.24) is 20.3 Å². The highest BCUT2D eigenvalue weighted by molar-refractivity contribution is 5.95. The van der Waals surface area contributed by atoms with Gasteiger partial charge in [-0.2, -0.15) is 0 Å². The monoisotopic (exact) mass is 264 g/mol. The van der Waals surface area contributed by atoms with Crippen LogP contribution in [0.2, 0.25) is 0 Å². The molecule has 2 aromatic heterocycles. The predicted molar refractivity (Wildman–Crippen MR) is 62.4 cm³/mol. The van der Waals surface area contributed by atoms with Gasteiger partial charge < -0.3 is 19.8 Å². The second-order valence-electron chi connectivity index (χ2n) is 3.91. The lowest BCUT2D eigenvalue weighted by Crippen LogP contribution is -2.42. The zero-order valence-corrected chi connectivity index (χ0v) is 10.1. The average molecular weight is 264 g/mol. The summed E-state index contributed by atoms with van der Waals surface area (Å²) in [6.07, 6.45) is 4.18. The number of carboxylic acids is 1. The van der Waals surface area contributed by atoms with E-state index in [1.54, 1.807) is 6.92 Å². The highest BCUT2D eigenvalue weighted by Crippen LogP contribution is 2.06. The van der Waals surface area contributed by atoms with Gasteiger partial charge in [-0.3, -0.25) is 4.79 Å². The second-order valence-corrected chi connectivity index (χ2v) is 3.91. The third-order valence-corrected chi connectivity index (χ3v) is 2.53. The molecule has 0 aliphatic heterocycles. The molecule has 0 unspecified atom stereocenters. The summed E-state index contributed by atoms with van der Waals surface area (Å²) < 4.78 is 4.91. The summed E-state index contributed by atoms with van der Waals surface area (Å²) in [5, 5.41) is 11.5. The molecule has 3 N–H and O–H groups in total. The van der Waals surface area contributed by atoms with Crippen LogP contribution in [0, 0.1) is 6.92 Å². The number of aromatic nitrogens is 3. The third kappa shape index (κ3) is 2.97. The number of amides is 1. The number of nitrogens with one attached hydrogen (secondary N) is 2. The van der Waals surface area contributed by atoms with Gasteiger partial charge in [0.2, 0.25) is 5.76 Å². The van der Waals surface area contributed by atoms with Gasteiger partial charge in [-0.15, -0.1) is 0 Å². The van der Waals surface area contributed by atoms with E-state index in [0.29, 0.717) is 11.4 Å². The molecule has 100 valence electrons. The molecule has 2 aromatic rings. The molecule has 0 radical (unpaired) electrons. The Morgan fingerprint density at radius 3 is 2.89 bits per heavy atom. The van der Waals surface area contributed by atoms with Crippen molar-refractivity contribution < 1.29 is 19.1 Å². The molecule has 8 heteroatoms. The fourth-order valence-electron chi connectivity index (χ4n) is 1.56. The van der Waals surface area contributed by atoms with E-state index in [2.05, 4.69) is 20.3 Å². The van der Waals surface area contributed by atoms with Gasteiger partial charge >= 0.3 is 5.97 Å². The Balaban J connectivity index is 2.07. The normalized spacial score (nSPS) is 12.1. The molecule has 0 aliphatic rings. The number of H-pyrrole nitrogens is 1. The van der Waals surface area contributed by atoms with E-state index in [-0.39, 0.29) is 12.2 Å². The Hall–Kier alpha value is -2.64. The molecule has 1 atom stereocenters. The molecule has 8 nitrogen and oxygen atoms in total. The van der Waals surface area contributed by atoms with E-state index in [1.165, 1.54) is 12.5 Å². The Morgan fingerprint density at radius 1 is 1.58 bits per heavy atom. The zero-order valence-electron chi connectivity index (χ0n) is 10.1. The highest BCUT2D eigenvalue weighted by Gasteiger charge is 2.24. The Labute approximate surface area is 107 Å². The van der Waals surface area contributed by atoms with Gasteiger partial charge in [0.1, 0.15) is 6.04 Å². The first kappa shape index (κ1) is 12.8. The number of hydrogen-bond acceptors (Lipinski definition) is 5. The highest BCUT2D eigenvalue weighted by atomic mass is 16.4. The van der Waals surface area contributed by atoms with Crippen LogP contribution in [0.15, 0.2) is 23.3 Å². The number of carbonyl (C=O) groups excluding carboxylic acids is 1. The molecular formula is C11H12N4O4. The van der Waals surface area contributed by atoms with Crippen molar-refractivity contribution in [2.45, 2.75) is 19.4 Å². The minimum atomic E-state index is -1.14. The summed E-state index contributed by atoms with van der Waals surface area (Å²) in [6, 6.07) is -1.07. The minimum absolute atomic E-state index is 0.0101. The molecule has 19 heavy (non-hydrogen) atoms. The van der Waals surface area contributed by atoms with Gasteiger partial charge in [0.25, 0.3) is 5.91 Å². The first-order valence-corrected chi connectivity index (χ1v) is 5.49. The van der Waals surface area contributed by atoms with Crippen molar-refractivity contribution in [3.05, 3.63) is 36.1 Å². The number of carboxylic acid groups (broad SMARTS) is 1. The first-order chi connectivity index (χ1) is 9.08. The number of hydrogen-bond donors (Lipinski definition) is 3. The second kappa shape index (κ2) is 5.34. The van der Waals surface area contributed by atoms with Gasteiger partial charge in [-0.05, 0) is 6.92 Å². The molecule has 2 rings (SSSR count). The van der Waals surface area contributed by atoms with Gasteiger partial charge in [-0.1, -0.05) is 0 Å². The van der Waals surface area contributed by atoms with Crippen molar-refractivity contribution in [2.24, 2.45) is 0 Å². The number of aliphatic carboxylic acids is 1. The standard InChI is InChI=1S/C11H12N4O4/c1-6-9(19-5-14-6)10(16)15-8(11(17)18)2-7-3-12-4-13-7/h3-5,8H,2H2,1H3,(H,12,13)(H,15,16)(H,17,18)/t8-/m1/s1. The molecule has 0 saturated carbocycles. The number of imidazole rings is 1. The fraction of sp³-hybridized carbons (Fsp3) is 0.273. The van der Waals surface area contributed by atoms with Crippen LogP contribution < -0.4 is 5.32 Å². The Kier molecular flexibility index (Phi) is 3.60. The Morgan fingerprint density at radius 2 is 2.37 bits per heavy atom. The largest absolute Gasteiger partial charge is 0.480 e. The van der Waals surface area contributed by atoms with Crippen molar-refractivity contribution in [1.29, 1.82) is 0 Å². The maximum atomic E-state index is 11.8. The molecule has 0 spiro atoms. The summed E-state index contributed by atoms with van der Waals surface area (Å²) in [4.78, 5) is 33.3. The lowest BCUT2D eigenvalue weighted by molar-refractivity contribution is -0.139. The van der Waals surface area contributed by atoms with Crippen LogP contribution in [0.3, 0.4) is 0 Å². The molecule has 0 saturated heterocycles. The van der Waals surface area contributed by atoms with Crippen molar-refractivity contribution in [2.75, 3.05) is 0 Å². The molecule has 0 fully saturated rings. The average Bonchev–Trinajstić information content (AvgIpc) is 2.99. The van der Waals surface area contributed by atoms with E-state index in [0.717, 1.165) is 6.39 Å². The summed E-state index contributed by atoms with van der Waals surface area (Å²) in [5.41, 5.74) is 1.02. The van der Waals surface area contributed by atoms with Crippen LogP contribution >= 0.6 is 0 Å². The smallest absolute Gasteiger partial charge is 0.326 e. The van der Waals surface area contributed by atoms with Crippen LogP contribution in [0.5, 0.6) is 0 Å². The van der Waals surface area contributed by atoms with E-state index in [4.69, 9.17) is 9.52 Å². The lowest BCUT2D eigenvalue weighted by atomic mass is 10.1. The summed E-state index contributed by atoms with van der Waals surface area (Å²) in [6.45, 7) is 1.60. The number of nitrogens with zero attached hydrogens (tertiary/aromatic N) is 2. The van der Waals surface area contributed by atoms with Crippen LogP contribution in [0.1, 0.15) is 21.9 Å². The first-order valence-electron chi connectivity index (χ1n) is 5.49. The van der Waals surface area contributed by atoms with Crippen LogP contribution in [0.4, 0.5) is 0 Å². The zero-order chi connectivity index (χ0) is 13.8. The Bertz CT molecular complexity index is 575. The van der Waals surface area contributed by atoms with Crippen LogP contribution in [0.25, 0.3) is 0 Å². The topological polar surface area (TPSA) is 121 Å². The van der Waals surface area contributed by atoms with Crippen LogP contribution in [-0.2, 0) is 11.2 Å². The van der Waals surface area contributed by atoms with Gasteiger partial charge in [0.15, 0.2) is 6.39 Å². The maximum Gasteiger partial charge on any atom is 0.326 e. The van der Waals surface area contributed by atoms with E-state index >= 15 is 0 Å². The maximum absolute atomic E-state index is 11.8. The number of oxazole rings is 1. The summed E-state index contributed by atoms with van der Waals surface area (Å²) in [5.74, 6) is -1.74.